The molecule has 0 aliphatic carbocycles. The van der Waals surface area contributed by atoms with Gasteiger partial charge in [0.1, 0.15) is 5.00 Å². The molecule has 0 unspecified atom stereocenters. The van der Waals surface area contributed by atoms with Crippen LogP contribution in [0.25, 0.3) is 0 Å². The van der Waals surface area contributed by atoms with Gasteiger partial charge in [0, 0.05) is 23.9 Å². The summed E-state index contributed by atoms with van der Waals surface area (Å²) in [7, 11) is 0. The number of aromatic nitrogens is 3. The number of carbonyl (C=O) groups excluding carboxylic acids is 2. The lowest BCUT2D eigenvalue weighted by atomic mass is 9.94. The summed E-state index contributed by atoms with van der Waals surface area (Å²) in [5.74, 6) is -0.885. The highest BCUT2D eigenvalue weighted by atomic mass is 35.5. The number of rotatable bonds is 5. The molecule has 0 radical (unpaired) electrons. The van der Waals surface area contributed by atoms with Gasteiger partial charge in [-0.3, -0.25) is 14.6 Å². The smallest absolute Gasteiger partial charge is 0.275 e. The number of amides is 2. The van der Waals surface area contributed by atoms with Gasteiger partial charge in [-0.1, -0.05) is 46.4 Å². The summed E-state index contributed by atoms with van der Waals surface area (Å²) in [6, 6.07) is 11.0. The standard InChI is InChI=1S/C18H16ClN5O2S/c1-18(2,12-6-4-3-5-7-12)22-16(26)14-17(27-24-23-14)21-15(25)11-8-13(19)10-20-9-11/h3-10H,1-2H3,(H,21,25)(H,22,26). The predicted molar refractivity (Wildman–Crippen MR) is 104 cm³/mol. The molecule has 9 heteroatoms. The Kier molecular flexibility index (Phi) is 5.48. The highest BCUT2D eigenvalue weighted by molar-refractivity contribution is 7.10. The maximum Gasteiger partial charge on any atom is 0.275 e. The molecule has 138 valence electrons. The number of hydrogen-bond donors (Lipinski definition) is 2. The molecule has 0 aliphatic rings. The number of benzene rings is 1. The maximum atomic E-state index is 12.7. The monoisotopic (exact) mass is 401 g/mol. The number of anilines is 1. The summed E-state index contributed by atoms with van der Waals surface area (Å²) in [4.78, 5) is 28.9. The molecule has 2 amide bonds. The molecule has 3 aromatic rings. The van der Waals surface area contributed by atoms with Crippen LogP contribution in [0.3, 0.4) is 0 Å². The predicted octanol–water partition coefficient (Wildman–Crippen LogP) is 3.50. The normalized spacial score (nSPS) is 11.1. The molecular weight excluding hydrogens is 386 g/mol. The SMILES string of the molecule is CC(C)(NC(=O)c1nnsc1NC(=O)c1cncc(Cl)c1)c1ccccc1. The molecule has 0 spiro atoms. The van der Waals surface area contributed by atoms with Crippen molar-refractivity contribution in [1.82, 2.24) is 19.9 Å². The van der Waals surface area contributed by atoms with Crippen molar-refractivity contribution in [2.75, 3.05) is 5.32 Å². The van der Waals surface area contributed by atoms with E-state index in [2.05, 4.69) is 25.2 Å². The fraction of sp³-hybridized carbons (Fsp3) is 0.167. The van der Waals surface area contributed by atoms with E-state index in [1.165, 1.54) is 18.5 Å². The summed E-state index contributed by atoms with van der Waals surface area (Å²) >= 11 is 6.77. The van der Waals surface area contributed by atoms with Crippen LogP contribution in [-0.2, 0) is 5.54 Å². The zero-order valence-corrected chi connectivity index (χ0v) is 16.1. The van der Waals surface area contributed by atoms with E-state index < -0.39 is 17.4 Å². The van der Waals surface area contributed by atoms with Crippen molar-refractivity contribution in [2.24, 2.45) is 0 Å². The number of pyridine rings is 1. The van der Waals surface area contributed by atoms with Gasteiger partial charge in [-0.2, -0.15) is 0 Å². The molecule has 2 N–H and O–H groups in total. The fourth-order valence-corrected chi connectivity index (χ4v) is 3.14. The van der Waals surface area contributed by atoms with Crippen LogP contribution in [0.4, 0.5) is 5.00 Å². The van der Waals surface area contributed by atoms with Gasteiger partial charge in [0.05, 0.1) is 16.1 Å². The second-order valence-corrected chi connectivity index (χ2v) is 7.43. The van der Waals surface area contributed by atoms with Gasteiger partial charge >= 0.3 is 0 Å². The van der Waals surface area contributed by atoms with Crippen molar-refractivity contribution >= 4 is 39.9 Å². The van der Waals surface area contributed by atoms with E-state index in [-0.39, 0.29) is 16.3 Å². The Hall–Kier alpha value is -2.84. The molecule has 3 rings (SSSR count). The van der Waals surface area contributed by atoms with Crippen LogP contribution < -0.4 is 10.6 Å². The van der Waals surface area contributed by atoms with Gasteiger partial charge < -0.3 is 10.6 Å². The third-order valence-electron chi connectivity index (χ3n) is 3.82. The maximum absolute atomic E-state index is 12.7. The molecule has 0 saturated heterocycles. The van der Waals surface area contributed by atoms with Crippen LogP contribution in [0.1, 0.15) is 40.3 Å². The van der Waals surface area contributed by atoms with E-state index in [1.807, 2.05) is 44.2 Å². The average Bonchev–Trinajstić information content (AvgIpc) is 3.10. The minimum absolute atomic E-state index is 0.0485. The van der Waals surface area contributed by atoms with Crippen molar-refractivity contribution in [2.45, 2.75) is 19.4 Å². The molecule has 0 bridgehead atoms. The first-order valence-corrected chi connectivity index (χ1v) is 9.14. The Morgan fingerprint density at radius 2 is 1.85 bits per heavy atom. The average molecular weight is 402 g/mol. The molecule has 1 aromatic carbocycles. The van der Waals surface area contributed by atoms with Crippen molar-refractivity contribution in [3.63, 3.8) is 0 Å². The molecule has 0 fully saturated rings. The van der Waals surface area contributed by atoms with Crippen LogP contribution in [-0.4, -0.2) is 26.4 Å². The molecule has 0 atom stereocenters. The minimum Gasteiger partial charge on any atom is -0.342 e. The number of halogens is 1. The third-order valence-corrected chi connectivity index (χ3v) is 4.67. The van der Waals surface area contributed by atoms with Gasteiger partial charge in [0.2, 0.25) is 0 Å². The Morgan fingerprint density at radius 1 is 1.11 bits per heavy atom. The first-order valence-electron chi connectivity index (χ1n) is 7.99. The van der Waals surface area contributed by atoms with Gasteiger partial charge in [-0.15, -0.1) is 5.10 Å². The van der Waals surface area contributed by atoms with Crippen LogP contribution >= 0.6 is 23.1 Å². The van der Waals surface area contributed by atoms with E-state index >= 15 is 0 Å². The van der Waals surface area contributed by atoms with Crippen molar-refractivity contribution in [3.8, 4) is 0 Å². The lowest BCUT2D eigenvalue weighted by Crippen LogP contribution is -2.41. The first-order chi connectivity index (χ1) is 12.9. The van der Waals surface area contributed by atoms with Crippen LogP contribution in [0.2, 0.25) is 5.02 Å². The highest BCUT2D eigenvalue weighted by Gasteiger charge is 2.27. The van der Waals surface area contributed by atoms with Crippen LogP contribution in [0, 0.1) is 0 Å². The minimum atomic E-state index is -0.625. The summed E-state index contributed by atoms with van der Waals surface area (Å²) in [5, 5.41) is 10.0. The number of nitrogens with zero attached hydrogens (tertiary/aromatic N) is 3. The number of carbonyl (C=O) groups is 2. The Balaban J connectivity index is 1.76. The second-order valence-electron chi connectivity index (χ2n) is 6.24. The molecular formula is C18H16ClN5O2S. The topological polar surface area (TPSA) is 96.9 Å². The number of hydrogen-bond acceptors (Lipinski definition) is 6. The number of nitrogens with one attached hydrogen (secondary N) is 2. The van der Waals surface area contributed by atoms with E-state index in [9.17, 15) is 9.59 Å². The molecule has 7 nitrogen and oxygen atoms in total. The molecule has 0 saturated carbocycles. The third kappa shape index (κ3) is 4.47. The van der Waals surface area contributed by atoms with Gasteiger partial charge in [0.25, 0.3) is 11.8 Å². The Bertz CT molecular complexity index is 975. The Labute approximate surface area is 165 Å². The second kappa shape index (κ2) is 7.81. The molecule has 2 aromatic heterocycles. The quantitative estimate of drug-likeness (QED) is 0.681. The van der Waals surface area contributed by atoms with Crippen molar-refractivity contribution in [1.29, 1.82) is 0 Å². The summed E-state index contributed by atoms with van der Waals surface area (Å²) in [6.45, 7) is 3.77. The van der Waals surface area contributed by atoms with Crippen LogP contribution in [0.15, 0.2) is 48.8 Å². The van der Waals surface area contributed by atoms with E-state index in [0.29, 0.717) is 5.02 Å². The molecule has 2 heterocycles. The largest absolute Gasteiger partial charge is 0.342 e. The summed E-state index contributed by atoms with van der Waals surface area (Å²) in [5.41, 5.74) is 0.636. The zero-order chi connectivity index (χ0) is 19.4. The van der Waals surface area contributed by atoms with E-state index in [1.54, 1.807) is 0 Å². The van der Waals surface area contributed by atoms with E-state index in [4.69, 9.17) is 11.6 Å². The summed E-state index contributed by atoms with van der Waals surface area (Å²) in [6.07, 6.45) is 2.81. The van der Waals surface area contributed by atoms with Gasteiger partial charge in [-0.25, -0.2) is 0 Å². The zero-order valence-electron chi connectivity index (χ0n) is 14.6. The summed E-state index contributed by atoms with van der Waals surface area (Å²) < 4.78 is 3.78. The fourth-order valence-electron chi connectivity index (χ4n) is 2.40. The first kappa shape index (κ1) is 18.9. The molecule has 0 aliphatic heterocycles. The van der Waals surface area contributed by atoms with E-state index in [0.717, 1.165) is 17.1 Å². The van der Waals surface area contributed by atoms with Crippen molar-refractivity contribution < 1.29 is 9.59 Å². The molecule has 27 heavy (non-hydrogen) atoms. The van der Waals surface area contributed by atoms with Crippen LogP contribution in [0.5, 0.6) is 0 Å². The highest BCUT2D eigenvalue weighted by Crippen LogP contribution is 2.23. The lowest BCUT2D eigenvalue weighted by molar-refractivity contribution is 0.0908. The van der Waals surface area contributed by atoms with Gasteiger partial charge in [-0.05, 0) is 25.5 Å². The van der Waals surface area contributed by atoms with Gasteiger partial charge in [0.15, 0.2) is 5.69 Å². The lowest BCUT2D eigenvalue weighted by Gasteiger charge is -2.26. The Morgan fingerprint density at radius 3 is 2.56 bits per heavy atom. The van der Waals surface area contributed by atoms with Crippen molar-refractivity contribution in [3.05, 3.63) is 70.6 Å².